The van der Waals surface area contributed by atoms with E-state index in [0.717, 1.165) is 51.3 Å². The van der Waals surface area contributed by atoms with E-state index in [1.54, 1.807) is 0 Å². The van der Waals surface area contributed by atoms with E-state index in [-0.39, 0.29) is 18.0 Å². The average molecular weight is 444 g/mol. The summed E-state index contributed by atoms with van der Waals surface area (Å²) >= 11 is 0. The van der Waals surface area contributed by atoms with E-state index in [4.69, 9.17) is 0 Å². The van der Waals surface area contributed by atoms with E-state index in [1.165, 1.54) is 18.4 Å². The van der Waals surface area contributed by atoms with Crippen molar-refractivity contribution in [2.24, 2.45) is 5.92 Å². The minimum absolute atomic E-state index is 0.0606. The highest BCUT2D eigenvalue weighted by Crippen LogP contribution is 2.31. The Hall–Kier alpha value is -2.12. The van der Waals surface area contributed by atoms with Gasteiger partial charge >= 0.3 is 6.03 Å². The quantitative estimate of drug-likeness (QED) is 0.615. The number of piperazine rings is 1. The first-order chi connectivity index (χ1) is 15.5. The Morgan fingerprint density at radius 2 is 1.66 bits per heavy atom. The molecule has 7 nitrogen and oxygen atoms in total. The summed E-state index contributed by atoms with van der Waals surface area (Å²) in [6, 6.07) is 7.73. The predicted molar refractivity (Wildman–Crippen MR) is 130 cm³/mol. The molecule has 1 heterocycles. The maximum atomic E-state index is 13.2. The molecule has 1 aliphatic carbocycles. The van der Waals surface area contributed by atoms with Crippen molar-refractivity contribution < 1.29 is 9.59 Å². The SMILES string of the molecule is CCN(CC)CCNC(=O)C(C1CCCC1)N1CCN(C(=O)Nc2ccc(C)cc2)CC1. The zero-order valence-corrected chi connectivity index (χ0v) is 20.1. The highest BCUT2D eigenvalue weighted by Gasteiger charge is 2.37. The number of anilines is 1. The summed E-state index contributed by atoms with van der Waals surface area (Å²) < 4.78 is 0. The molecule has 178 valence electrons. The van der Waals surface area contributed by atoms with Crippen molar-refractivity contribution in [1.82, 2.24) is 20.0 Å². The van der Waals surface area contributed by atoms with Gasteiger partial charge in [0.05, 0.1) is 6.04 Å². The van der Waals surface area contributed by atoms with Gasteiger partial charge in [0.25, 0.3) is 0 Å². The number of hydrogen-bond acceptors (Lipinski definition) is 4. The van der Waals surface area contributed by atoms with E-state index >= 15 is 0 Å². The van der Waals surface area contributed by atoms with Gasteiger partial charge in [-0.05, 0) is 50.9 Å². The first-order valence-corrected chi connectivity index (χ1v) is 12.4. The molecule has 2 aliphatic rings. The van der Waals surface area contributed by atoms with Gasteiger partial charge in [-0.25, -0.2) is 4.79 Å². The molecule has 1 aromatic carbocycles. The van der Waals surface area contributed by atoms with E-state index in [0.29, 0.717) is 25.6 Å². The van der Waals surface area contributed by atoms with Crippen LogP contribution in [0.5, 0.6) is 0 Å². The fourth-order valence-corrected chi connectivity index (χ4v) is 4.98. The molecular weight excluding hydrogens is 402 g/mol. The minimum atomic E-state index is -0.0727. The molecule has 0 aromatic heterocycles. The zero-order valence-electron chi connectivity index (χ0n) is 20.1. The number of nitrogens with zero attached hydrogens (tertiary/aromatic N) is 3. The van der Waals surface area contributed by atoms with Gasteiger partial charge in [0.1, 0.15) is 0 Å². The summed E-state index contributed by atoms with van der Waals surface area (Å²) in [6.45, 7) is 12.7. The summed E-state index contributed by atoms with van der Waals surface area (Å²) in [6.07, 6.45) is 4.68. The topological polar surface area (TPSA) is 67.9 Å². The number of rotatable bonds is 9. The third kappa shape index (κ3) is 6.69. The Balaban J connectivity index is 1.53. The molecule has 0 spiro atoms. The van der Waals surface area contributed by atoms with Crippen LogP contribution in [0.1, 0.15) is 45.1 Å². The van der Waals surface area contributed by atoms with Crippen LogP contribution >= 0.6 is 0 Å². The molecule has 0 radical (unpaired) electrons. The van der Waals surface area contributed by atoms with Crippen LogP contribution in [-0.4, -0.2) is 85.0 Å². The molecule has 1 aromatic rings. The molecule has 2 fully saturated rings. The molecule has 1 atom stereocenters. The van der Waals surface area contributed by atoms with Crippen LogP contribution in [0.3, 0.4) is 0 Å². The third-order valence-corrected chi connectivity index (χ3v) is 7.03. The summed E-state index contributed by atoms with van der Waals surface area (Å²) in [5.74, 6) is 0.595. The average Bonchev–Trinajstić information content (AvgIpc) is 3.33. The summed E-state index contributed by atoms with van der Waals surface area (Å²) in [4.78, 5) is 32.4. The third-order valence-electron chi connectivity index (χ3n) is 7.03. The number of carbonyl (C=O) groups is 2. The predicted octanol–water partition coefficient (Wildman–Crippen LogP) is 3.16. The fourth-order valence-electron chi connectivity index (χ4n) is 4.98. The van der Waals surface area contributed by atoms with Crippen LogP contribution in [0.15, 0.2) is 24.3 Å². The molecule has 1 aliphatic heterocycles. The number of urea groups is 1. The lowest BCUT2D eigenvalue weighted by Crippen LogP contribution is -2.58. The summed E-state index contributed by atoms with van der Waals surface area (Å²) in [5, 5.41) is 6.21. The highest BCUT2D eigenvalue weighted by atomic mass is 16.2. The lowest BCUT2D eigenvalue weighted by Gasteiger charge is -2.40. The van der Waals surface area contributed by atoms with E-state index in [9.17, 15) is 9.59 Å². The van der Waals surface area contributed by atoms with Gasteiger partial charge < -0.3 is 20.4 Å². The highest BCUT2D eigenvalue weighted by molar-refractivity contribution is 5.89. The van der Waals surface area contributed by atoms with Gasteiger partial charge in [0.15, 0.2) is 0 Å². The molecule has 3 rings (SSSR count). The largest absolute Gasteiger partial charge is 0.353 e. The van der Waals surface area contributed by atoms with Crippen LogP contribution in [-0.2, 0) is 4.79 Å². The van der Waals surface area contributed by atoms with Crippen molar-refractivity contribution in [3.8, 4) is 0 Å². The maximum Gasteiger partial charge on any atom is 0.321 e. The van der Waals surface area contributed by atoms with Crippen LogP contribution in [0, 0.1) is 12.8 Å². The Bertz CT molecular complexity index is 720. The van der Waals surface area contributed by atoms with E-state index in [1.807, 2.05) is 36.1 Å². The number of carbonyl (C=O) groups excluding carboxylic acids is 2. The number of benzene rings is 1. The zero-order chi connectivity index (χ0) is 22.9. The molecule has 0 bridgehead atoms. The fraction of sp³-hybridized carbons (Fsp3) is 0.680. The van der Waals surface area contributed by atoms with Crippen molar-refractivity contribution >= 4 is 17.6 Å². The van der Waals surface area contributed by atoms with Crippen LogP contribution in [0.2, 0.25) is 0 Å². The molecule has 1 unspecified atom stereocenters. The van der Waals surface area contributed by atoms with E-state index in [2.05, 4.69) is 34.3 Å². The first-order valence-electron chi connectivity index (χ1n) is 12.4. The second-order valence-electron chi connectivity index (χ2n) is 9.13. The summed E-state index contributed by atoms with van der Waals surface area (Å²) in [5.41, 5.74) is 1.99. The second-order valence-corrected chi connectivity index (χ2v) is 9.13. The number of hydrogen-bond donors (Lipinski definition) is 2. The van der Waals surface area contributed by atoms with Gasteiger partial charge in [-0.15, -0.1) is 0 Å². The monoisotopic (exact) mass is 443 g/mol. The molecule has 1 saturated carbocycles. The van der Waals surface area contributed by atoms with Crippen molar-refractivity contribution in [2.75, 3.05) is 57.7 Å². The summed E-state index contributed by atoms with van der Waals surface area (Å²) in [7, 11) is 0. The number of nitrogens with one attached hydrogen (secondary N) is 2. The Kier molecular flexibility index (Phi) is 9.36. The first kappa shape index (κ1) is 24.5. The van der Waals surface area contributed by atoms with Gasteiger partial charge in [0, 0.05) is 45.0 Å². The lowest BCUT2D eigenvalue weighted by atomic mass is 9.95. The van der Waals surface area contributed by atoms with Gasteiger partial charge in [0.2, 0.25) is 5.91 Å². The smallest absolute Gasteiger partial charge is 0.321 e. The van der Waals surface area contributed by atoms with Gasteiger partial charge in [-0.3, -0.25) is 9.69 Å². The standard InChI is InChI=1S/C25H41N5O2/c1-4-28(5-2)15-14-26-24(31)23(21-8-6-7-9-21)29-16-18-30(19-17-29)25(32)27-22-12-10-20(3)11-13-22/h10-13,21,23H,4-9,14-19H2,1-3H3,(H,26,31)(H,27,32). The Morgan fingerprint density at radius 1 is 1.03 bits per heavy atom. The van der Waals surface area contributed by atoms with Crippen molar-refractivity contribution in [2.45, 2.75) is 52.5 Å². The number of aryl methyl sites for hydroxylation is 1. The Morgan fingerprint density at radius 3 is 2.25 bits per heavy atom. The molecule has 2 N–H and O–H groups in total. The Labute approximate surface area is 193 Å². The van der Waals surface area contributed by atoms with Gasteiger partial charge in [-0.2, -0.15) is 0 Å². The lowest BCUT2D eigenvalue weighted by molar-refractivity contribution is -0.129. The minimum Gasteiger partial charge on any atom is -0.353 e. The van der Waals surface area contributed by atoms with Crippen LogP contribution in [0.25, 0.3) is 0 Å². The van der Waals surface area contributed by atoms with Crippen LogP contribution < -0.4 is 10.6 Å². The van der Waals surface area contributed by atoms with Crippen LogP contribution in [0.4, 0.5) is 10.5 Å². The maximum absolute atomic E-state index is 13.2. The normalized spacial score (nSPS) is 18.7. The molecular formula is C25H41N5O2. The number of amides is 3. The molecule has 1 saturated heterocycles. The molecule has 7 heteroatoms. The number of likely N-dealkylation sites (N-methyl/N-ethyl adjacent to an activating group) is 1. The van der Waals surface area contributed by atoms with Crippen molar-refractivity contribution in [1.29, 1.82) is 0 Å². The van der Waals surface area contributed by atoms with Gasteiger partial charge in [-0.1, -0.05) is 44.4 Å². The van der Waals surface area contributed by atoms with Crippen molar-refractivity contribution in [3.63, 3.8) is 0 Å². The molecule has 32 heavy (non-hydrogen) atoms. The van der Waals surface area contributed by atoms with E-state index < -0.39 is 0 Å². The molecule has 3 amide bonds. The second kappa shape index (κ2) is 12.2. The van der Waals surface area contributed by atoms with Crippen molar-refractivity contribution in [3.05, 3.63) is 29.8 Å².